The minimum atomic E-state index is -1.81. The summed E-state index contributed by atoms with van der Waals surface area (Å²) < 4.78 is 54.2. The second-order valence-electron chi connectivity index (χ2n) is 5.10. The van der Waals surface area contributed by atoms with Gasteiger partial charge in [0, 0.05) is 22.5 Å². The second kappa shape index (κ2) is 3.35. The Bertz CT molecular complexity index is 581. The van der Waals surface area contributed by atoms with Crippen LogP contribution in [0.5, 0.6) is 0 Å². The number of halogens is 4. The van der Waals surface area contributed by atoms with E-state index in [2.05, 4.69) is 0 Å². The number of rotatable bonds is 0. The van der Waals surface area contributed by atoms with E-state index in [0.717, 1.165) is 0 Å². The zero-order valence-electron chi connectivity index (χ0n) is 9.48. The van der Waals surface area contributed by atoms with Crippen molar-refractivity contribution in [1.82, 2.24) is 0 Å². The van der Waals surface area contributed by atoms with Gasteiger partial charge in [0.25, 0.3) is 0 Å². The van der Waals surface area contributed by atoms with Gasteiger partial charge >= 0.3 is 0 Å². The second-order valence-corrected chi connectivity index (χ2v) is 5.10. The van der Waals surface area contributed by atoms with E-state index in [4.69, 9.17) is 0 Å². The van der Waals surface area contributed by atoms with Crippen molar-refractivity contribution < 1.29 is 22.7 Å². The van der Waals surface area contributed by atoms with Gasteiger partial charge in [-0.2, -0.15) is 0 Å². The maximum absolute atomic E-state index is 13.9. The molecule has 0 amide bonds. The standard InChI is InChI=1S/C13H10F4O/c1-13-4-5(2-3-6(13)18)7-8(13)10(15)12(17)11(16)9(7)14/h2-3,5-6,18H,4H2,1H3/t5-,6+,13-/m1/s1. The molecule has 2 bridgehead atoms. The van der Waals surface area contributed by atoms with E-state index in [0.29, 0.717) is 0 Å². The van der Waals surface area contributed by atoms with E-state index >= 15 is 0 Å². The van der Waals surface area contributed by atoms with Crippen LogP contribution in [0.3, 0.4) is 0 Å². The number of allylic oxidation sites excluding steroid dienone is 1. The van der Waals surface area contributed by atoms with Crippen molar-refractivity contribution in [3.05, 3.63) is 46.5 Å². The molecule has 0 aromatic heterocycles. The van der Waals surface area contributed by atoms with Gasteiger partial charge in [-0.1, -0.05) is 19.1 Å². The molecule has 1 nitrogen and oxygen atoms in total. The molecular formula is C13H10F4O. The molecule has 5 heteroatoms. The number of benzene rings is 1. The first kappa shape index (κ1) is 11.7. The van der Waals surface area contributed by atoms with Crippen molar-refractivity contribution in [2.75, 3.05) is 0 Å². The summed E-state index contributed by atoms with van der Waals surface area (Å²) in [4.78, 5) is 0. The van der Waals surface area contributed by atoms with Gasteiger partial charge < -0.3 is 5.11 Å². The summed E-state index contributed by atoms with van der Waals surface area (Å²) in [6.45, 7) is 1.53. The van der Waals surface area contributed by atoms with Crippen LogP contribution < -0.4 is 0 Å². The van der Waals surface area contributed by atoms with Crippen LogP contribution in [0.1, 0.15) is 30.4 Å². The lowest BCUT2D eigenvalue weighted by molar-refractivity contribution is 0.123. The molecule has 1 aromatic carbocycles. The molecule has 0 saturated carbocycles. The molecule has 0 aliphatic heterocycles. The Balaban J connectivity index is 2.41. The summed E-state index contributed by atoms with van der Waals surface area (Å²) in [6.07, 6.45) is 2.14. The maximum Gasteiger partial charge on any atom is 0.197 e. The average molecular weight is 258 g/mol. The molecule has 0 fully saturated rings. The van der Waals surface area contributed by atoms with E-state index in [-0.39, 0.29) is 17.5 Å². The topological polar surface area (TPSA) is 20.2 Å². The fourth-order valence-electron chi connectivity index (χ4n) is 3.10. The van der Waals surface area contributed by atoms with E-state index in [9.17, 15) is 22.7 Å². The molecule has 0 spiro atoms. The first-order valence-electron chi connectivity index (χ1n) is 5.60. The van der Waals surface area contributed by atoms with Crippen LogP contribution in [-0.2, 0) is 5.41 Å². The lowest BCUT2D eigenvalue weighted by Gasteiger charge is -2.32. The van der Waals surface area contributed by atoms with Gasteiger partial charge in [0.15, 0.2) is 23.3 Å². The lowest BCUT2D eigenvalue weighted by atomic mass is 9.75. The van der Waals surface area contributed by atoms with Gasteiger partial charge in [0.05, 0.1) is 6.10 Å². The number of hydrogen-bond acceptors (Lipinski definition) is 1. The largest absolute Gasteiger partial charge is 0.388 e. The highest BCUT2D eigenvalue weighted by molar-refractivity contribution is 5.50. The zero-order valence-corrected chi connectivity index (χ0v) is 9.48. The van der Waals surface area contributed by atoms with Crippen molar-refractivity contribution in [1.29, 1.82) is 0 Å². The molecular weight excluding hydrogens is 248 g/mol. The normalized spacial score (nSPS) is 32.8. The van der Waals surface area contributed by atoms with Crippen LogP contribution in [-0.4, -0.2) is 11.2 Å². The fourth-order valence-corrected chi connectivity index (χ4v) is 3.10. The SMILES string of the molecule is C[C@@]12C[C@@H](C=C[C@@H]1O)c1c(F)c(F)c(F)c(F)c12. The Morgan fingerprint density at radius 3 is 2.33 bits per heavy atom. The van der Waals surface area contributed by atoms with Gasteiger partial charge in [-0.25, -0.2) is 17.6 Å². The third kappa shape index (κ3) is 1.15. The predicted octanol–water partition coefficient (Wildman–Crippen LogP) is 2.92. The third-order valence-electron chi connectivity index (χ3n) is 4.07. The molecule has 2 aliphatic rings. The van der Waals surface area contributed by atoms with Crippen LogP contribution in [0, 0.1) is 23.3 Å². The summed E-state index contributed by atoms with van der Waals surface area (Å²) in [7, 11) is 0. The van der Waals surface area contributed by atoms with Gasteiger partial charge in [0.2, 0.25) is 0 Å². The molecule has 1 aromatic rings. The van der Waals surface area contributed by atoms with Gasteiger partial charge in [-0.15, -0.1) is 0 Å². The van der Waals surface area contributed by atoms with Crippen molar-refractivity contribution in [3.8, 4) is 0 Å². The highest BCUT2D eigenvalue weighted by atomic mass is 19.2. The average Bonchev–Trinajstić information content (AvgIpc) is 2.59. The molecule has 3 atom stereocenters. The van der Waals surface area contributed by atoms with Crippen LogP contribution in [0.2, 0.25) is 0 Å². The van der Waals surface area contributed by atoms with Crippen molar-refractivity contribution >= 4 is 0 Å². The van der Waals surface area contributed by atoms with Crippen LogP contribution in [0.4, 0.5) is 17.6 Å². The summed E-state index contributed by atoms with van der Waals surface area (Å²) in [6, 6.07) is 0. The van der Waals surface area contributed by atoms with Gasteiger partial charge in [-0.3, -0.25) is 0 Å². The Labute approximate surface area is 101 Å². The number of aliphatic hydroxyl groups excluding tert-OH is 1. The van der Waals surface area contributed by atoms with E-state index in [1.165, 1.54) is 19.1 Å². The van der Waals surface area contributed by atoms with Crippen molar-refractivity contribution in [2.45, 2.75) is 30.8 Å². The maximum atomic E-state index is 13.9. The van der Waals surface area contributed by atoms with Crippen LogP contribution in [0.15, 0.2) is 12.2 Å². The molecule has 18 heavy (non-hydrogen) atoms. The minimum Gasteiger partial charge on any atom is -0.388 e. The molecule has 0 saturated heterocycles. The lowest BCUT2D eigenvalue weighted by Crippen LogP contribution is -2.35. The molecule has 1 N–H and O–H groups in total. The summed E-state index contributed by atoms with van der Waals surface area (Å²) in [5, 5.41) is 9.89. The van der Waals surface area contributed by atoms with Crippen LogP contribution in [0.25, 0.3) is 0 Å². The van der Waals surface area contributed by atoms with Gasteiger partial charge in [-0.05, 0) is 6.42 Å². The van der Waals surface area contributed by atoms with Crippen LogP contribution >= 0.6 is 0 Å². The Hall–Kier alpha value is -1.36. The van der Waals surface area contributed by atoms with E-state index in [1.54, 1.807) is 0 Å². The van der Waals surface area contributed by atoms with Crippen molar-refractivity contribution in [3.63, 3.8) is 0 Å². The molecule has 3 rings (SSSR count). The molecule has 0 radical (unpaired) electrons. The predicted molar refractivity (Wildman–Crippen MR) is 56.1 cm³/mol. The highest BCUT2D eigenvalue weighted by Crippen LogP contribution is 2.54. The highest BCUT2D eigenvalue weighted by Gasteiger charge is 2.51. The van der Waals surface area contributed by atoms with E-state index < -0.39 is 40.7 Å². The van der Waals surface area contributed by atoms with E-state index in [1.807, 2.05) is 0 Å². The molecule has 96 valence electrons. The quantitative estimate of drug-likeness (QED) is 0.328. The summed E-state index contributed by atoms with van der Waals surface area (Å²) >= 11 is 0. The summed E-state index contributed by atoms with van der Waals surface area (Å²) in [5.41, 5.74) is -1.50. The first-order valence-corrected chi connectivity index (χ1v) is 5.60. The van der Waals surface area contributed by atoms with Crippen molar-refractivity contribution in [2.24, 2.45) is 0 Å². The summed E-state index contributed by atoms with van der Waals surface area (Å²) in [5.74, 6) is -6.86. The molecule has 0 unspecified atom stereocenters. The fraction of sp³-hybridized carbons (Fsp3) is 0.385. The smallest absolute Gasteiger partial charge is 0.197 e. The Kier molecular flexibility index (Phi) is 2.18. The molecule has 2 aliphatic carbocycles. The number of aliphatic hydroxyl groups is 1. The molecule has 0 heterocycles. The zero-order chi connectivity index (χ0) is 13.2. The minimum absolute atomic E-state index is 0.165. The number of hydrogen-bond donors (Lipinski definition) is 1. The Morgan fingerprint density at radius 2 is 1.67 bits per heavy atom. The van der Waals surface area contributed by atoms with Gasteiger partial charge in [0.1, 0.15) is 0 Å². The monoisotopic (exact) mass is 258 g/mol. The number of fused-ring (bicyclic) bond motifs is 5. The Morgan fingerprint density at radius 1 is 1.06 bits per heavy atom. The first-order chi connectivity index (χ1) is 8.38. The third-order valence-corrected chi connectivity index (χ3v) is 4.07.